The normalized spacial score (nSPS) is 18.5. The summed E-state index contributed by atoms with van der Waals surface area (Å²) in [5.74, 6) is 0.543. The number of pyridine rings is 1. The van der Waals surface area contributed by atoms with Crippen molar-refractivity contribution >= 4 is 45.1 Å². The highest BCUT2D eigenvalue weighted by Gasteiger charge is 2.22. The van der Waals surface area contributed by atoms with Crippen LogP contribution < -0.4 is 10.0 Å². The van der Waals surface area contributed by atoms with E-state index in [1.54, 1.807) is 6.07 Å². The third-order valence-corrected chi connectivity index (χ3v) is 5.58. The average molecular weight is 365 g/mol. The highest BCUT2D eigenvalue weighted by molar-refractivity contribution is 7.89. The van der Waals surface area contributed by atoms with E-state index in [9.17, 15) is 8.42 Å². The standard InChI is InChI=1S/C13H17ClN4O2S.ClH/c14-10-3-5-16-13-12(10)11(8-17-13)21(19,20)18-6-2-9-1-4-15-7-9;/h3,5,8-9,15,18H,1-2,4,6-7H2,(H,16,17);1H. The predicted molar refractivity (Wildman–Crippen MR) is 89.1 cm³/mol. The first-order valence-corrected chi connectivity index (χ1v) is 8.76. The molecule has 1 unspecified atom stereocenters. The van der Waals surface area contributed by atoms with Gasteiger partial charge in [-0.05, 0) is 37.9 Å². The summed E-state index contributed by atoms with van der Waals surface area (Å²) in [4.78, 5) is 7.07. The Labute approximate surface area is 140 Å². The van der Waals surface area contributed by atoms with Crippen LogP contribution in [0.4, 0.5) is 0 Å². The van der Waals surface area contributed by atoms with Crippen LogP contribution in [0.3, 0.4) is 0 Å². The number of rotatable bonds is 5. The minimum Gasteiger partial charge on any atom is -0.345 e. The van der Waals surface area contributed by atoms with Crippen molar-refractivity contribution in [3.05, 3.63) is 23.5 Å². The number of sulfonamides is 1. The molecule has 22 heavy (non-hydrogen) atoms. The van der Waals surface area contributed by atoms with Crippen molar-refractivity contribution < 1.29 is 8.42 Å². The Hall–Kier alpha value is -0.860. The second-order valence-electron chi connectivity index (χ2n) is 5.21. The van der Waals surface area contributed by atoms with E-state index in [2.05, 4.69) is 20.0 Å². The van der Waals surface area contributed by atoms with E-state index >= 15 is 0 Å². The van der Waals surface area contributed by atoms with Crippen molar-refractivity contribution in [2.45, 2.75) is 17.7 Å². The molecule has 3 rings (SSSR count). The molecule has 1 aliphatic rings. The van der Waals surface area contributed by atoms with Crippen LogP contribution in [0.5, 0.6) is 0 Å². The predicted octanol–water partition coefficient (Wildman–Crippen LogP) is 1.92. The van der Waals surface area contributed by atoms with E-state index in [1.807, 2.05) is 0 Å². The van der Waals surface area contributed by atoms with Crippen LogP contribution in [-0.2, 0) is 10.0 Å². The molecule has 3 N–H and O–H groups in total. The molecule has 1 saturated heterocycles. The van der Waals surface area contributed by atoms with Crippen molar-refractivity contribution in [3.8, 4) is 0 Å². The molecule has 0 spiro atoms. The monoisotopic (exact) mass is 364 g/mol. The quantitative estimate of drug-likeness (QED) is 0.756. The molecule has 0 aromatic carbocycles. The number of hydrogen-bond donors (Lipinski definition) is 3. The van der Waals surface area contributed by atoms with Gasteiger partial charge in [0.15, 0.2) is 0 Å². The molecule has 0 radical (unpaired) electrons. The zero-order valence-electron chi connectivity index (χ0n) is 11.8. The number of nitrogens with zero attached hydrogens (tertiary/aromatic N) is 1. The van der Waals surface area contributed by atoms with Crippen molar-refractivity contribution in [2.24, 2.45) is 5.92 Å². The van der Waals surface area contributed by atoms with Crippen molar-refractivity contribution in [3.63, 3.8) is 0 Å². The van der Waals surface area contributed by atoms with Gasteiger partial charge in [0.1, 0.15) is 10.5 Å². The van der Waals surface area contributed by atoms with Gasteiger partial charge < -0.3 is 10.3 Å². The highest BCUT2D eigenvalue weighted by atomic mass is 35.5. The molecule has 1 fully saturated rings. The Morgan fingerprint density at radius 3 is 3.00 bits per heavy atom. The van der Waals surface area contributed by atoms with Crippen LogP contribution in [0.1, 0.15) is 12.8 Å². The van der Waals surface area contributed by atoms with Crippen LogP contribution in [0.2, 0.25) is 5.02 Å². The van der Waals surface area contributed by atoms with E-state index in [1.165, 1.54) is 12.4 Å². The Balaban J connectivity index is 0.00000176. The lowest BCUT2D eigenvalue weighted by Crippen LogP contribution is -2.26. The van der Waals surface area contributed by atoms with Crippen LogP contribution in [0.15, 0.2) is 23.4 Å². The Morgan fingerprint density at radius 2 is 2.27 bits per heavy atom. The molecular weight excluding hydrogens is 347 g/mol. The van der Waals surface area contributed by atoms with Gasteiger partial charge in [-0.3, -0.25) is 0 Å². The van der Waals surface area contributed by atoms with Gasteiger partial charge in [-0.1, -0.05) is 11.6 Å². The Kier molecular flexibility index (Phi) is 5.68. The lowest BCUT2D eigenvalue weighted by Gasteiger charge is -2.09. The van der Waals surface area contributed by atoms with Gasteiger partial charge in [-0.15, -0.1) is 12.4 Å². The molecule has 122 valence electrons. The van der Waals surface area contributed by atoms with E-state index in [0.29, 0.717) is 28.5 Å². The fourth-order valence-corrected chi connectivity index (χ4v) is 4.17. The second kappa shape index (κ2) is 7.14. The van der Waals surface area contributed by atoms with Crippen LogP contribution in [0, 0.1) is 5.92 Å². The van der Waals surface area contributed by atoms with E-state index < -0.39 is 10.0 Å². The second-order valence-corrected chi connectivity index (χ2v) is 7.36. The molecular formula is C13H18Cl2N4O2S. The smallest absolute Gasteiger partial charge is 0.242 e. The van der Waals surface area contributed by atoms with Crippen LogP contribution in [-0.4, -0.2) is 38.0 Å². The van der Waals surface area contributed by atoms with Gasteiger partial charge in [0.2, 0.25) is 10.0 Å². The number of halogens is 2. The zero-order valence-corrected chi connectivity index (χ0v) is 14.2. The van der Waals surface area contributed by atoms with E-state index in [0.717, 1.165) is 25.9 Å². The molecule has 0 saturated carbocycles. The number of hydrogen-bond acceptors (Lipinski definition) is 4. The molecule has 2 aromatic heterocycles. The minimum atomic E-state index is -3.58. The van der Waals surface area contributed by atoms with Gasteiger partial charge in [0.25, 0.3) is 0 Å². The van der Waals surface area contributed by atoms with Gasteiger partial charge in [-0.25, -0.2) is 18.1 Å². The number of aromatic nitrogens is 2. The molecule has 3 heterocycles. The summed E-state index contributed by atoms with van der Waals surface area (Å²) in [6.45, 7) is 2.41. The third-order valence-electron chi connectivity index (χ3n) is 3.78. The average Bonchev–Trinajstić information content (AvgIpc) is 3.07. The summed E-state index contributed by atoms with van der Waals surface area (Å²) in [7, 11) is -3.58. The lowest BCUT2D eigenvalue weighted by atomic mass is 10.1. The van der Waals surface area contributed by atoms with Gasteiger partial charge in [-0.2, -0.15) is 0 Å². The summed E-state index contributed by atoms with van der Waals surface area (Å²) < 4.78 is 27.4. The molecule has 1 atom stereocenters. The maximum absolute atomic E-state index is 12.4. The van der Waals surface area contributed by atoms with Crippen molar-refractivity contribution in [2.75, 3.05) is 19.6 Å². The topological polar surface area (TPSA) is 86.9 Å². The summed E-state index contributed by atoms with van der Waals surface area (Å²) in [6, 6.07) is 1.58. The molecule has 0 amide bonds. The number of H-pyrrole nitrogens is 1. The third kappa shape index (κ3) is 3.55. The molecule has 9 heteroatoms. The van der Waals surface area contributed by atoms with Gasteiger partial charge >= 0.3 is 0 Å². The van der Waals surface area contributed by atoms with Crippen molar-refractivity contribution in [1.82, 2.24) is 20.0 Å². The summed E-state index contributed by atoms with van der Waals surface area (Å²) in [5.41, 5.74) is 0.475. The summed E-state index contributed by atoms with van der Waals surface area (Å²) >= 11 is 6.09. The fourth-order valence-electron chi connectivity index (χ4n) is 2.64. The Bertz CT molecular complexity index is 742. The SMILES string of the molecule is Cl.O=S(=O)(NCCC1CCNC1)c1c[nH]c2nccc(Cl)c12. The van der Waals surface area contributed by atoms with Crippen LogP contribution in [0.25, 0.3) is 11.0 Å². The first-order chi connectivity index (χ1) is 10.1. The zero-order chi connectivity index (χ0) is 14.9. The lowest BCUT2D eigenvalue weighted by molar-refractivity contribution is 0.519. The van der Waals surface area contributed by atoms with Crippen LogP contribution >= 0.6 is 24.0 Å². The highest BCUT2D eigenvalue weighted by Crippen LogP contribution is 2.28. The van der Waals surface area contributed by atoms with E-state index in [4.69, 9.17) is 11.6 Å². The number of nitrogens with one attached hydrogen (secondary N) is 3. The first-order valence-electron chi connectivity index (χ1n) is 6.90. The molecule has 0 bridgehead atoms. The molecule has 1 aliphatic heterocycles. The number of fused-ring (bicyclic) bond motifs is 1. The van der Waals surface area contributed by atoms with E-state index in [-0.39, 0.29) is 17.3 Å². The first kappa shape index (κ1) is 17.5. The molecule has 6 nitrogen and oxygen atoms in total. The summed E-state index contributed by atoms with van der Waals surface area (Å²) in [6.07, 6.45) is 4.91. The maximum Gasteiger partial charge on any atom is 0.242 e. The van der Waals surface area contributed by atoms with Crippen molar-refractivity contribution in [1.29, 1.82) is 0 Å². The summed E-state index contributed by atoms with van der Waals surface area (Å²) in [5, 5.41) is 4.09. The minimum absolute atomic E-state index is 0. The largest absolute Gasteiger partial charge is 0.345 e. The number of aromatic amines is 1. The van der Waals surface area contributed by atoms with Gasteiger partial charge in [0, 0.05) is 18.9 Å². The van der Waals surface area contributed by atoms with Gasteiger partial charge in [0.05, 0.1) is 10.4 Å². The fraction of sp³-hybridized carbons (Fsp3) is 0.462. The maximum atomic E-state index is 12.4. The molecule has 0 aliphatic carbocycles. The molecule has 2 aromatic rings. The Morgan fingerprint density at radius 1 is 1.45 bits per heavy atom.